The summed E-state index contributed by atoms with van der Waals surface area (Å²) in [4.78, 5) is 0. The number of rotatable bonds is 3. The second-order valence-electron chi connectivity index (χ2n) is 4.57. The van der Waals surface area contributed by atoms with E-state index in [0.717, 1.165) is 31.9 Å². The van der Waals surface area contributed by atoms with Gasteiger partial charge in [0.1, 0.15) is 12.4 Å². The summed E-state index contributed by atoms with van der Waals surface area (Å²) in [6.07, 6.45) is 3.63. The van der Waals surface area contributed by atoms with Crippen molar-refractivity contribution in [2.24, 2.45) is 0 Å². The zero-order chi connectivity index (χ0) is 10.8. The van der Waals surface area contributed by atoms with Crippen molar-refractivity contribution in [2.45, 2.75) is 25.3 Å². The maximum atomic E-state index is 5.91. The number of hydrogen-bond acceptors (Lipinski definition) is 3. The number of hydrogen-bond donors (Lipinski definition) is 2. The first-order chi connectivity index (χ1) is 7.93. The van der Waals surface area contributed by atoms with Crippen molar-refractivity contribution in [2.75, 3.05) is 25.0 Å². The van der Waals surface area contributed by atoms with Crippen molar-refractivity contribution < 1.29 is 4.74 Å². The van der Waals surface area contributed by atoms with Gasteiger partial charge in [-0.05, 0) is 37.4 Å². The molecule has 1 fully saturated rings. The second-order valence-corrected chi connectivity index (χ2v) is 4.57. The van der Waals surface area contributed by atoms with Crippen LogP contribution in [0.15, 0.2) is 18.2 Å². The molecule has 0 aromatic heterocycles. The molecule has 3 heteroatoms. The van der Waals surface area contributed by atoms with Gasteiger partial charge in [0.25, 0.3) is 0 Å². The molecule has 2 aliphatic rings. The van der Waals surface area contributed by atoms with Crippen molar-refractivity contribution in [3.8, 4) is 5.75 Å². The minimum Gasteiger partial charge on any atom is -0.490 e. The molecule has 1 atom stereocenters. The molecule has 2 heterocycles. The summed E-state index contributed by atoms with van der Waals surface area (Å²) in [6, 6.07) is 6.86. The Morgan fingerprint density at radius 3 is 3.19 bits per heavy atom. The number of benzene rings is 1. The molecular formula is C13H18N2O. The molecule has 0 saturated carbocycles. The van der Waals surface area contributed by atoms with Gasteiger partial charge in [-0.2, -0.15) is 0 Å². The minimum atomic E-state index is 0.539. The van der Waals surface area contributed by atoms with E-state index in [4.69, 9.17) is 4.74 Å². The Morgan fingerprint density at radius 2 is 2.31 bits per heavy atom. The lowest BCUT2D eigenvalue weighted by Crippen LogP contribution is -2.28. The third-order valence-corrected chi connectivity index (χ3v) is 3.41. The summed E-state index contributed by atoms with van der Waals surface area (Å²) < 4.78 is 5.91. The fourth-order valence-corrected chi connectivity index (χ4v) is 2.52. The van der Waals surface area contributed by atoms with Gasteiger partial charge in [0.2, 0.25) is 0 Å². The van der Waals surface area contributed by atoms with E-state index in [1.54, 1.807) is 0 Å². The lowest BCUT2D eigenvalue weighted by molar-refractivity contribution is 0.278. The van der Waals surface area contributed by atoms with Crippen LogP contribution in [0.2, 0.25) is 0 Å². The molecule has 0 amide bonds. The molecule has 0 spiro atoms. The van der Waals surface area contributed by atoms with Crippen molar-refractivity contribution >= 4 is 5.69 Å². The first-order valence-corrected chi connectivity index (χ1v) is 6.15. The zero-order valence-electron chi connectivity index (χ0n) is 9.46. The van der Waals surface area contributed by atoms with E-state index in [2.05, 4.69) is 28.8 Å². The molecule has 16 heavy (non-hydrogen) atoms. The van der Waals surface area contributed by atoms with Gasteiger partial charge in [0, 0.05) is 12.6 Å². The Labute approximate surface area is 96.2 Å². The summed E-state index contributed by atoms with van der Waals surface area (Å²) in [5.41, 5.74) is 2.59. The number of ether oxygens (including phenoxy) is 1. The van der Waals surface area contributed by atoms with Crippen molar-refractivity contribution in [1.29, 1.82) is 0 Å². The van der Waals surface area contributed by atoms with Crippen LogP contribution >= 0.6 is 0 Å². The van der Waals surface area contributed by atoms with E-state index in [9.17, 15) is 0 Å². The van der Waals surface area contributed by atoms with E-state index in [1.165, 1.54) is 24.1 Å². The minimum absolute atomic E-state index is 0.539. The molecule has 2 N–H and O–H groups in total. The summed E-state index contributed by atoms with van der Waals surface area (Å²) in [7, 11) is 0. The highest BCUT2D eigenvalue weighted by atomic mass is 16.5. The predicted molar refractivity (Wildman–Crippen MR) is 65.2 cm³/mol. The molecule has 3 nitrogen and oxygen atoms in total. The highest BCUT2D eigenvalue weighted by Crippen LogP contribution is 2.32. The van der Waals surface area contributed by atoms with E-state index in [-0.39, 0.29) is 0 Å². The van der Waals surface area contributed by atoms with E-state index < -0.39 is 0 Å². The summed E-state index contributed by atoms with van der Waals surface area (Å²) in [6.45, 7) is 2.97. The van der Waals surface area contributed by atoms with Gasteiger partial charge in [0.15, 0.2) is 0 Å². The first-order valence-electron chi connectivity index (χ1n) is 6.15. The monoisotopic (exact) mass is 218 g/mol. The van der Waals surface area contributed by atoms with Crippen LogP contribution in [-0.4, -0.2) is 25.7 Å². The Hall–Kier alpha value is -1.22. The topological polar surface area (TPSA) is 33.3 Å². The molecule has 2 aliphatic heterocycles. The standard InChI is InChI=1S/C13H18N2O/c1-3-10-6-8-15-13(10)12(5-1)16-9-11-4-2-7-14-11/h1,3,5,11,14-15H,2,4,6-9H2. The van der Waals surface area contributed by atoms with Crippen molar-refractivity contribution in [1.82, 2.24) is 5.32 Å². The molecule has 1 saturated heterocycles. The maximum Gasteiger partial charge on any atom is 0.142 e. The number of fused-ring (bicyclic) bond motifs is 1. The van der Waals surface area contributed by atoms with E-state index in [0.29, 0.717) is 6.04 Å². The number of anilines is 1. The van der Waals surface area contributed by atoms with Gasteiger partial charge in [-0.3, -0.25) is 0 Å². The molecular weight excluding hydrogens is 200 g/mol. The van der Waals surface area contributed by atoms with Crippen molar-refractivity contribution in [3.05, 3.63) is 23.8 Å². The zero-order valence-corrected chi connectivity index (χ0v) is 9.46. The maximum absolute atomic E-state index is 5.91. The molecule has 1 aromatic carbocycles. The lowest BCUT2D eigenvalue weighted by atomic mass is 10.1. The Morgan fingerprint density at radius 1 is 1.31 bits per heavy atom. The molecule has 86 valence electrons. The van der Waals surface area contributed by atoms with Gasteiger partial charge in [-0.25, -0.2) is 0 Å². The van der Waals surface area contributed by atoms with Crippen LogP contribution in [0, 0.1) is 0 Å². The number of para-hydroxylation sites is 1. The Balaban J connectivity index is 1.67. The van der Waals surface area contributed by atoms with Crippen LogP contribution in [0.4, 0.5) is 5.69 Å². The van der Waals surface area contributed by atoms with E-state index >= 15 is 0 Å². The third kappa shape index (κ3) is 1.87. The van der Waals surface area contributed by atoms with Gasteiger partial charge in [-0.15, -0.1) is 0 Å². The van der Waals surface area contributed by atoms with Crippen LogP contribution in [-0.2, 0) is 6.42 Å². The molecule has 1 aromatic rings. The molecule has 3 rings (SSSR count). The highest BCUT2D eigenvalue weighted by Gasteiger charge is 2.18. The lowest BCUT2D eigenvalue weighted by Gasteiger charge is -2.14. The largest absolute Gasteiger partial charge is 0.490 e. The smallest absolute Gasteiger partial charge is 0.142 e. The summed E-state index contributed by atoms with van der Waals surface area (Å²) in [5, 5.41) is 6.85. The molecule has 0 aliphatic carbocycles. The Bertz CT molecular complexity index is 372. The van der Waals surface area contributed by atoms with E-state index in [1.807, 2.05) is 0 Å². The van der Waals surface area contributed by atoms with Gasteiger partial charge >= 0.3 is 0 Å². The molecule has 1 unspecified atom stereocenters. The average Bonchev–Trinajstić information content (AvgIpc) is 2.97. The first kappa shape index (κ1) is 9.97. The molecule has 0 bridgehead atoms. The van der Waals surface area contributed by atoms with Crippen molar-refractivity contribution in [3.63, 3.8) is 0 Å². The van der Waals surface area contributed by atoms with Crippen LogP contribution in [0.1, 0.15) is 18.4 Å². The SMILES string of the molecule is c1cc2c(c(OCC3CCCN3)c1)NCC2. The summed E-state index contributed by atoms with van der Waals surface area (Å²) in [5.74, 6) is 1.02. The Kier molecular flexibility index (Phi) is 2.70. The van der Waals surface area contributed by atoms with Gasteiger partial charge in [0.05, 0.1) is 5.69 Å². The van der Waals surface area contributed by atoms with Gasteiger partial charge in [-0.1, -0.05) is 12.1 Å². The summed E-state index contributed by atoms with van der Waals surface area (Å²) >= 11 is 0. The molecule has 0 radical (unpaired) electrons. The fraction of sp³-hybridized carbons (Fsp3) is 0.538. The second kappa shape index (κ2) is 4.34. The van der Waals surface area contributed by atoms with Gasteiger partial charge < -0.3 is 15.4 Å². The van der Waals surface area contributed by atoms with Crippen LogP contribution in [0.25, 0.3) is 0 Å². The predicted octanol–water partition coefficient (Wildman–Crippen LogP) is 1.79. The highest BCUT2D eigenvalue weighted by molar-refractivity contribution is 5.65. The number of nitrogens with one attached hydrogen (secondary N) is 2. The fourth-order valence-electron chi connectivity index (χ4n) is 2.52. The van der Waals surface area contributed by atoms with Crippen LogP contribution in [0.5, 0.6) is 5.75 Å². The quantitative estimate of drug-likeness (QED) is 0.811. The van der Waals surface area contributed by atoms with Crippen LogP contribution in [0.3, 0.4) is 0 Å². The van der Waals surface area contributed by atoms with Crippen LogP contribution < -0.4 is 15.4 Å². The normalized spacial score (nSPS) is 22.9. The third-order valence-electron chi connectivity index (χ3n) is 3.41. The average molecular weight is 218 g/mol.